The Morgan fingerprint density at radius 3 is 2.73 bits per heavy atom. The number of likely N-dealkylation sites (tertiary alicyclic amines) is 1. The normalized spacial score (nSPS) is 25.1. The Morgan fingerprint density at radius 2 is 2.27 bits per heavy atom. The molecule has 0 aromatic rings. The summed E-state index contributed by atoms with van der Waals surface area (Å²) in [7, 11) is -3.97. The molecular weight excluding hydrogens is 219 g/mol. The lowest BCUT2D eigenvalue weighted by Crippen LogP contribution is -2.35. The molecule has 0 aliphatic carbocycles. The van der Waals surface area contributed by atoms with Crippen LogP contribution in [0, 0.1) is 0 Å². The lowest BCUT2D eigenvalue weighted by Gasteiger charge is -2.25. The molecule has 15 heavy (non-hydrogen) atoms. The van der Waals surface area contributed by atoms with Crippen LogP contribution in [-0.2, 0) is 4.57 Å². The molecule has 1 heterocycles. The highest BCUT2D eigenvalue weighted by atomic mass is 31.2. The average Bonchev–Trinajstić information content (AvgIpc) is 2.55. The number of oxime groups is 1. The van der Waals surface area contributed by atoms with E-state index in [0.717, 1.165) is 12.8 Å². The van der Waals surface area contributed by atoms with Crippen LogP contribution in [0.4, 0.5) is 0 Å². The van der Waals surface area contributed by atoms with E-state index in [4.69, 9.17) is 15.0 Å². The Bertz CT molecular complexity index is 288. The molecule has 0 bridgehead atoms. The van der Waals surface area contributed by atoms with Crippen LogP contribution < -0.4 is 0 Å². The van der Waals surface area contributed by atoms with E-state index in [1.54, 1.807) is 4.90 Å². The number of hydrogen-bond donors (Lipinski definition) is 3. The number of amidine groups is 1. The molecule has 3 N–H and O–H groups in total. The summed E-state index contributed by atoms with van der Waals surface area (Å²) in [6, 6.07) is 0.238. The third-order valence-electron chi connectivity index (χ3n) is 2.69. The minimum absolute atomic E-state index is 0.192. The summed E-state index contributed by atoms with van der Waals surface area (Å²) in [5.74, 6) is 0.537. The van der Waals surface area contributed by atoms with Crippen molar-refractivity contribution < 1.29 is 19.6 Å². The van der Waals surface area contributed by atoms with Crippen LogP contribution in [0.25, 0.3) is 0 Å². The van der Waals surface area contributed by atoms with Crippen molar-refractivity contribution >= 4 is 13.4 Å². The van der Waals surface area contributed by atoms with Gasteiger partial charge in [0.25, 0.3) is 0 Å². The molecule has 0 radical (unpaired) electrons. The molecular formula is C8H17N2O4P. The highest BCUT2D eigenvalue weighted by molar-refractivity contribution is 7.51. The van der Waals surface area contributed by atoms with E-state index in [-0.39, 0.29) is 18.7 Å². The fourth-order valence-electron chi connectivity index (χ4n) is 1.89. The van der Waals surface area contributed by atoms with Crippen molar-refractivity contribution in [2.75, 3.05) is 12.7 Å². The topological polar surface area (TPSA) is 93.4 Å². The first-order chi connectivity index (χ1) is 6.98. The second kappa shape index (κ2) is 4.96. The van der Waals surface area contributed by atoms with E-state index >= 15 is 0 Å². The van der Waals surface area contributed by atoms with Crippen LogP contribution in [0.3, 0.4) is 0 Å². The zero-order valence-electron chi connectivity index (χ0n) is 8.70. The third-order valence-corrected chi connectivity index (χ3v) is 3.47. The van der Waals surface area contributed by atoms with Gasteiger partial charge in [-0.2, -0.15) is 0 Å². The zero-order valence-corrected chi connectivity index (χ0v) is 9.60. The van der Waals surface area contributed by atoms with Gasteiger partial charge < -0.3 is 19.9 Å². The number of nitrogens with zero attached hydrogens (tertiary/aromatic N) is 2. The van der Waals surface area contributed by atoms with Crippen molar-refractivity contribution in [3.63, 3.8) is 0 Å². The van der Waals surface area contributed by atoms with Crippen molar-refractivity contribution in [3.8, 4) is 0 Å². The molecule has 0 aromatic carbocycles. The van der Waals surface area contributed by atoms with E-state index in [2.05, 4.69) is 5.16 Å². The van der Waals surface area contributed by atoms with E-state index in [1.807, 2.05) is 6.92 Å². The van der Waals surface area contributed by atoms with Gasteiger partial charge in [-0.15, -0.1) is 0 Å². The maximum absolute atomic E-state index is 10.7. The van der Waals surface area contributed by atoms with Crippen LogP contribution in [0.1, 0.15) is 26.2 Å². The van der Waals surface area contributed by atoms with Crippen molar-refractivity contribution in [1.82, 2.24) is 4.90 Å². The summed E-state index contributed by atoms with van der Waals surface area (Å²) in [6.07, 6.45) is 2.26. The van der Waals surface area contributed by atoms with Gasteiger partial charge in [-0.3, -0.25) is 4.57 Å². The summed E-state index contributed by atoms with van der Waals surface area (Å²) in [5, 5.41) is 11.9. The molecule has 1 fully saturated rings. The van der Waals surface area contributed by atoms with E-state index in [1.165, 1.54) is 0 Å². The molecule has 6 nitrogen and oxygen atoms in total. The van der Waals surface area contributed by atoms with Crippen molar-refractivity contribution in [2.45, 2.75) is 32.2 Å². The molecule has 1 unspecified atom stereocenters. The Morgan fingerprint density at radius 1 is 1.60 bits per heavy atom. The van der Waals surface area contributed by atoms with Crippen molar-refractivity contribution in [1.29, 1.82) is 0 Å². The molecule has 1 aliphatic rings. The average molecular weight is 236 g/mol. The van der Waals surface area contributed by atoms with Gasteiger partial charge in [0.2, 0.25) is 0 Å². The van der Waals surface area contributed by atoms with Gasteiger partial charge in [-0.25, -0.2) is 0 Å². The van der Waals surface area contributed by atoms with Gasteiger partial charge in [0.1, 0.15) is 5.84 Å². The number of hydrogen-bond acceptors (Lipinski definition) is 3. The fraction of sp³-hybridized carbons (Fsp3) is 0.875. The summed E-state index contributed by atoms with van der Waals surface area (Å²) in [6.45, 7) is 2.26. The van der Waals surface area contributed by atoms with Crippen LogP contribution in [-0.4, -0.2) is 44.5 Å². The molecule has 0 amide bonds. The minimum atomic E-state index is -3.97. The molecule has 1 aliphatic heterocycles. The highest BCUT2D eigenvalue weighted by Gasteiger charge is 2.29. The fourth-order valence-corrected chi connectivity index (χ4v) is 2.36. The maximum atomic E-state index is 10.7. The van der Waals surface area contributed by atoms with E-state index < -0.39 is 7.60 Å². The van der Waals surface area contributed by atoms with Gasteiger partial charge >= 0.3 is 7.60 Å². The number of rotatable bonds is 4. The first-order valence-electron chi connectivity index (χ1n) is 5.00. The van der Waals surface area contributed by atoms with Gasteiger partial charge in [0.05, 0.1) is 6.16 Å². The molecule has 1 saturated heterocycles. The van der Waals surface area contributed by atoms with Gasteiger partial charge in [0, 0.05) is 19.0 Å². The predicted molar refractivity (Wildman–Crippen MR) is 56.2 cm³/mol. The van der Waals surface area contributed by atoms with Crippen LogP contribution >= 0.6 is 7.60 Å². The summed E-state index contributed by atoms with van der Waals surface area (Å²) in [5.41, 5.74) is 0. The lowest BCUT2D eigenvalue weighted by molar-refractivity contribution is 0.286. The second-order valence-corrected chi connectivity index (χ2v) is 5.48. The first kappa shape index (κ1) is 12.5. The zero-order chi connectivity index (χ0) is 11.5. The maximum Gasteiger partial charge on any atom is 0.327 e. The van der Waals surface area contributed by atoms with E-state index in [0.29, 0.717) is 12.3 Å². The quantitative estimate of drug-likeness (QED) is 0.382. The predicted octanol–water partition coefficient (Wildman–Crippen LogP) is 0.826. The van der Waals surface area contributed by atoms with Gasteiger partial charge in [0.15, 0.2) is 0 Å². The molecule has 0 aromatic heterocycles. The van der Waals surface area contributed by atoms with Gasteiger partial charge in [-0.05, 0) is 12.8 Å². The SMILES string of the molecule is CCC1CC/C(=N\O)N1CCP(=O)(O)O. The molecule has 0 saturated carbocycles. The molecule has 1 atom stereocenters. The minimum Gasteiger partial charge on any atom is -0.409 e. The summed E-state index contributed by atoms with van der Waals surface area (Å²) < 4.78 is 10.7. The highest BCUT2D eigenvalue weighted by Crippen LogP contribution is 2.35. The second-order valence-electron chi connectivity index (χ2n) is 3.70. The van der Waals surface area contributed by atoms with Crippen LogP contribution in [0.15, 0.2) is 5.16 Å². The molecule has 0 spiro atoms. The summed E-state index contributed by atoms with van der Waals surface area (Å²) >= 11 is 0. The molecule has 1 rings (SSSR count). The van der Waals surface area contributed by atoms with Crippen LogP contribution in [0.2, 0.25) is 0 Å². The molecule has 7 heteroatoms. The lowest BCUT2D eigenvalue weighted by atomic mass is 10.2. The largest absolute Gasteiger partial charge is 0.409 e. The van der Waals surface area contributed by atoms with Crippen LogP contribution in [0.5, 0.6) is 0 Å². The van der Waals surface area contributed by atoms with Crippen molar-refractivity contribution in [2.24, 2.45) is 5.16 Å². The molecule has 88 valence electrons. The third kappa shape index (κ3) is 3.48. The Labute approximate surface area is 88.7 Å². The summed E-state index contributed by atoms with van der Waals surface area (Å²) in [4.78, 5) is 19.3. The van der Waals surface area contributed by atoms with Gasteiger partial charge in [-0.1, -0.05) is 12.1 Å². The monoisotopic (exact) mass is 236 g/mol. The van der Waals surface area contributed by atoms with Crippen molar-refractivity contribution in [3.05, 3.63) is 0 Å². The Balaban J connectivity index is 2.60. The standard InChI is InChI=1S/C8H17N2O4P/c1-2-7-3-4-8(9-11)10(7)5-6-15(12,13)14/h7,11H,2-6H2,1H3,(H2,12,13,14)/b9-8+. The smallest absolute Gasteiger partial charge is 0.327 e. The first-order valence-corrected chi connectivity index (χ1v) is 6.80. The van der Waals surface area contributed by atoms with E-state index in [9.17, 15) is 4.57 Å². The Hall–Kier alpha value is -0.580. The Kier molecular flexibility index (Phi) is 4.13.